The highest BCUT2D eigenvalue weighted by atomic mass is 16.2. The molecule has 0 bridgehead atoms. The predicted octanol–water partition coefficient (Wildman–Crippen LogP) is 3.80. The first kappa shape index (κ1) is 22.8. The molecule has 35 heavy (non-hydrogen) atoms. The van der Waals surface area contributed by atoms with Crippen LogP contribution in [-0.2, 0) is 16.1 Å². The van der Waals surface area contributed by atoms with E-state index >= 15 is 0 Å². The quantitative estimate of drug-likeness (QED) is 0.489. The molecule has 8 nitrogen and oxygen atoms in total. The summed E-state index contributed by atoms with van der Waals surface area (Å²) >= 11 is 0. The lowest BCUT2D eigenvalue weighted by molar-refractivity contribution is -0.131. The first-order chi connectivity index (χ1) is 17.1. The van der Waals surface area contributed by atoms with Crippen molar-refractivity contribution < 1.29 is 14.4 Å². The number of urea groups is 1. The number of hydrogen-bond donors (Lipinski definition) is 2. The van der Waals surface area contributed by atoms with Gasteiger partial charge in [0.25, 0.3) is 5.91 Å². The van der Waals surface area contributed by atoms with E-state index < -0.39 is 5.54 Å². The summed E-state index contributed by atoms with van der Waals surface area (Å²) in [5, 5.41) is 10.6. The molecule has 2 aliphatic rings. The van der Waals surface area contributed by atoms with Gasteiger partial charge in [0.1, 0.15) is 5.54 Å². The zero-order valence-electron chi connectivity index (χ0n) is 19.6. The van der Waals surface area contributed by atoms with Crippen molar-refractivity contribution in [3.05, 3.63) is 72.4 Å². The fourth-order valence-electron chi connectivity index (χ4n) is 4.97. The number of hydrogen-bond acceptors (Lipinski definition) is 4. The minimum atomic E-state index is -0.702. The van der Waals surface area contributed by atoms with Gasteiger partial charge in [-0.05, 0) is 31.4 Å². The molecule has 3 aromatic rings. The summed E-state index contributed by atoms with van der Waals surface area (Å²) in [5.74, 6) is -0.264. The van der Waals surface area contributed by atoms with E-state index in [0.29, 0.717) is 25.8 Å². The van der Waals surface area contributed by atoms with Crippen LogP contribution in [0.2, 0.25) is 0 Å². The molecule has 1 saturated heterocycles. The van der Waals surface area contributed by atoms with Gasteiger partial charge in [0, 0.05) is 36.8 Å². The Morgan fingerprint density at radius 3 is 2.40 bits per heavy atom. The number of nitrogens with zero attached hydrogens (tertiary/aromatic N) is 3. The Kier molecular flexibility index (Phi) is 6.35. The SMILES string of the molecule is O=C(CCCN1C(=O)NC2(CCCC2)C1=O)NCc1cn(-c2ccccc2)nc1-c1ccccc1. The van der Waals surface area contributed by atoms with Crippen molar-refractivity contribution in [3.63, 3.8) is 0 Å². The van der Waals surface area contributed by atoms with Gasteiger partial charge in [0.05, 0.1) is 11.4 Å². The number of nitrogens with one attached hydrogen (secondary N) is 2. The van der Waals surface area contributed by atoms with E-state index in [1.54, 1.807) is 0 Å². The molecule has 1 aliphatic carbocycles. The summed E-state index contributed by atoms with van der Waals surface area (Å²) in [7, 11) is 0. The third kappa shape index (κ3) is 4.69. The van der Waals surface area contributed by atoms with Gasteiger partial charge < -0.3 is 10.6 Å². The predicted molar refractivity (Wildman–Crippen MR) is 132 cm³/mol. The molecule has 1 aliphatic heterocycles. The van der Waals surface area contributed by atoms with Crippen LogP contribution in [0.5, 0.6) is 0 Å². The summed E-state index contributed by atoms with van der Waals surface area (Å²) < 4.78 is 1.82. The number of aromatic nitrogens is 2. The van der Waals surface area contributed by atoms with Crippen LogP contribution in [0.25, 0.3) is 16.9 Å². The second-order valence-corrected chi connectivity index (χ2v) is 9.21. The molecule has 2 aromatic carbocycles. The summed E-state index contributed by atoms with van der Waals surface area (Å²) in [4.78, 5) is 38.9. The molecule has 180 valence electrons. The molecule has 4 amide bonds. The maximum absolute atomic E-state index is 12.8. The highest BCUT2D eigenvalue weighted by molar-refractivity contribution is 6.07. The van der Waals surface area contributed by atoms with Crippen molar-refractivity contribution in [2.24, 2.45) is 0 Å². The van der Waals surface area contributed by atoms with Crippen LogP contribution in [0.4, 0.5) is 4.79 Å². The van der Waals surface area contributed by atoms with Crippen LogP contribution in [0.15, 0.2) is 66.9 Å². The number of rotatable bonds is 8. The topological polar surface area (TPSA) is 96.3 Å². The van der Waals surface area contributed by atoms with Gasteiger partial charge in [-0.15, -0.1) is 0 Å². The first-order valence-corrected chi connectivity index (χ1v) is 12.2. The average molecular weight is 472 g/mol. The molecule has 0 unspecified atom stereocenters. The summed E-state index contributed by atoms with van der Waals surface area (Å²) in [6.07, 6.45) is 5.91. The lowest BCUT2D eigenvalue weighted by Gasteiger charge is -2.19. The Hall–Kier alpha value is -3.94. The van der Waals surface area contributed by atoms with E-state index in [2.05, 4.69) is 10.6 Å². The van der Waals surface area contributed by atoms with Crippen molar-refractivity contribution in [3.8, 4) is 16.9 Å². The minimum absolute atomic E-state index is 0.126. The van der Waals surface area contributed by atoms with Gasteiger partial charge in [-0.25, -0.2) is 9.48 Å². The van der Waals surface area contributed by atoms with Crippen LogP contribution in [0.1, 0.15) is 44.1 Å². The van der Waals surface area contributed by atoms with Crippen LogP contribution >= 0.6 is 0 Å². The number of carbonyl (C=O) groups is 3. The third-order valence-electron chi connectivity index (χ3n) is 6.82. The van der Waals surface area contributed by atoms with Crippen LogP contribution in [0.3, 0.4) is 0 Å². The van der Waals surface area contributed by atoms with Crippen molar-refractivity contribution in [1.29, 1.82) is 0 Å². The monoisotopic (exact) mass is 471 g/mol. The maximum atomic E-state index is 12.8. The standard InChI is InChI=1S/C27H29N5O3/c33-23(14-9-17-31-25(34)27(29-26(31)35)15-7-8-16-27)28-18-21-19-32(22-12-5-2-6-13-22)30-24(21)20-10-3-1-4-11-20/h1-6,10-13,19H,7-9,14-18H2,(H,28,33)(H,29,35). The fraction of sp³-hybridized carbons (Fsp3) is 0.333. The Morgan fingerprint density at radius 1 is 1.00 bits per heavy atom. The van der Waals surface area contributed by atoms with Crippen molar-refractivity contribution in [1.82, 2.24) is 25.3 Å². The van der Waals surface area contributed by atoms with Crippen LogP contribution in [0, 0.1) is 0 Å². The molecule has 2 fully saturated rings. The van der Waals surface area contributed by atoms with Crippen LogP contribution in [-0.4, -0.2) is 44.6 Å². The van der Waals surface area contributed by atoms with Gasteiger partial charge in [0.15, 0.2) is 0 Å². The number of imide groups is 1. The van der Waals surface area contributed by atoms with Gasteiger partial charge in [-0.3, -0.25) is 14.5 Å². The van der Waals surface area contributed by atoms with E-state index in [4.69, 9.17) is 5.10 Å². The Bertz CT molecular complexity index is 1220. The minimum Gasteiger partial charge on any atom is -0.352 e. The largest absolute Gasteiger partial charge is 0.352 e. The Morgan fingerprint density at radius 2 is 1.69 bits per heavy atom. The second kappa shape index (κ2) is 9.74. The second-order valence-electron chi connectivity index (χ2n) is 9.21. The van der Waals surface area contributed by atoms with Gasteiger partial charge in [-0.2, -0.15) is 5.10 Å². The Labute approximate surface area is 204 Å². The molecule has 0 radical (unpaired) electrons. The molecule has 5 rings (SSSR count). The summed E-state index contributed by atoms with van der Waals surface area (Å²) in [6, 6.07) is 19.4. The fourth-order valence-corrected chi connectivity index (χ4v) is 4.97. The van der Waals surface area contributed by atoms with E-state index in [1.807, 2.05) is 71.5 Å². The molecule has 2 heterocycles. The lowest BCUT2D eigenvalue weighted by Crippen LogP contribution is -2.44. The highest BCUT2D eigenvalue weighted by Crippen LogP contribution is 2.35. The number of benzene rings is 2. The Balaban J connectivity index is 1.20. The smallest absolute Gasteiger partial charge is 0.325 e. The molecule has 1 saturated carbocycles. The van der Waals surface area contributed by atoms with E-state index in [-0.39, 0.29) is 30.8 Å². The molecular weight excluding hydrogens is 442 g/mol. The van der Waals surface area contributed by atoms with Crippen LogP contribution < -0.4 is 10.6 Å². The zero-order valence-corrected chi connectivity index (χ0v) is 19.6. The molecular formula is C27H29N5O3. The van der Waals surface area contributed by atoms with Crippen molar-refractivity contribution >= 4 is 17.8 Å². The lowest BCUT2D eigenvalue weighted by atomic mass is 9.98. The number of carbonyl (C=O) groups excluding carboxylic acids is 3. The third-order valence-corrected chi connectivity index (χ3v) is 6.82. The average Bonchev–Trinajstić information content (AvgIpc) is 3.59. The van der Waals surface area contributed by atoms with E-state index in [0.717, 1.165) is 35.3 Å². The highest BCUT2D eigenvalue weighted by Gasteiger charge is 2.52. The number of para-hydroxylation sites is 1. The molecule has 8 heteroatoms. The van der Waals surface area contributed by atoms with Gasteiger partial charge in [0.2, 0.25) is 5.91 Å². The molecule has 0 atom stereocenters. The van der Waals surface area contributed by atoms with Crippen molar-refractivity contribution in [2.75, 3.05) is 6.54 Å². The summed E-state index contributed by atoms with van der Waals surface area (Å²) in [5.41, 5.74) is 2.94. The van der Waals surface area contributed by atoms with Gasteiger partial charge in [-0.1, -0.05) is 61.4 Å². The van der Waals surface area contributed by atoms with Crippen molar-refractivity contribution in [2.45, 2.75) is 50.6 Å². The molecule has 1 aromatic heterocycles. The first-order valence-electron chi connectivity index (χ1n) is 12.2. The van der Waals surface area contributed by atoms with Gasteiger partial charge >= 0.3 is 6.03 Å². The molecule has 1 spiro atoms. The number of amides is 4. The maximum Gasteiger partial charge on any atom is 0.325 e. The van der Waals surface area contributed by atoms with E-state index in [1.165, 1.54) is 4.90 Å². The van der Waals surface area contributed by atoms with E-state index in [9.17, 15) is 14.4 Å². The zero-order chi connectivity index (χ0) is 24.3. The summed E-state index contributed by atoms with van der Waals surface area (Å²) in [6.45, 7) is 0.586. The normalized spacial score (nSPS) is 16.6. The molecule has 2 N–H and O–H groups in total.